The van der Waals surface area contributed by atoms with Crippen LogP contribution in [0.1, 0.15) is 43.6 Å². The van der Waals surface area contributed by atoms with E-state index in [1.54, 1.807) is 17.5 Å². The molecule has 4 rings (SSSR count). The molecular weight excluding hydrogens is 386 g/mol. The van der Waals surface area contributed by atoms with E-state index >= 15 is 0 Å². The second kappa shape index (κ2) is 9.22. The Morgan fingerprint density at radius 3 is 2.93 bits per heavy atom. The molecule has 1 aliphatic carbocycles. The van der Waals surface area contributed by atoms with Gasteiger partial charge in [0.05, 0.1) is 23.6 Å². The minimum atomic E-state index is -0.194. The summed E-state index contributed by atoms with van der Waals surface area (Å²) in [5.74, 6) is 2.66. The van der Waals surface area contributed by atoms with Crippen molar-refractivity contribution in [3.05, 3.63) is 47.3 Å². The van der Waals surface area contributed by atoms with E-state index in [4.69, 9.17) is 9.15 Å². The van der Waals surface area contributed by atoms with Crippen LogP contribution >= 0.6 is 11.3 Å². The van der Waals surface area contributed by atoms with Gasteiger partial charge in [0, 0.05) is 6.20 Å². The average Bonchev–Trinajstić information content (AvgIpc) is 3.38. The molecule has 6 nitrogen and oxygen atoms in total. The van der Waals surface area contributed by atoms with E-state index in [1.807, 2.05) is 36.6 Å². The molecule has 1 N–H and O–H groups in total. The maximum atomic E-state index is 12.6. The number of oxazole rings is 1. The summed E-state index contributed by atoms with van der Waals surface area (Å²) in [5, 5.41) is 4.83. The number of ether oxygens (including phenoxy) is 1. The lowest BCUT2D eigenvalue weighted by Crippen LogP contribution is -2.19. The van der Waals surface area contributed by atoms with E-state index < -0.39 is 0 Å². The number of rotatable bonds is 7. The lowest BCUT2D eigenvalue weighted by molar-refractivity contribution is -0.115. The largest absolute Gasteiger partial charge is 0.489 e. The third kappa shape index (κ3) is 5.03. The maximum Gasteiger partial charge on any atom is 0.236 e. The predicted molar refractivity (Wildman–Crippen MR) is 113 cm³/mol. The molecule has 1 aliphatic rings. The van der Waals surface area contributed by atoms with Crippen LogP contribution in [0.4, 0.5) is 5.82 Å². The van der Waals surface area contributed by atoms with Crippen molar-refractivity contribution in [3.63, 3.8) is 0 Å². The average molecular weight is 412 g/mol. The second-order valence-electron chi connectivity index (χ2n) is 7.39. The van der Waals surface area contributed by atoms with Crippen molar-refractivity contribution in [1.82, 2.24) is 9.97 Å². The van der Waals surface area contributed by atoms with Gasteiger partial charge in [0.1, 0.15) is 5.76 Å². The van der Waals surface area contributed by atoms with E-state index in [0.29, 0.717) is 41.4 Å². The first-order valence-corrected chi connectivity index (χ1v) is 10.9. The van der Waals surface area contributed by atoms with E-state index in [0.717, 1.165) is 4.88 Å². The Morgan fingerprint density at radius 2 is 2.14 bits per heavy atom. The van der Waals surface area contributed by atoms with Crippen LogP contribution in [0.5, 0.6) is 5.75 Å². The molecule has 0 spiro atoms. The van der Waals surface area contributed by atoms with Crippen LogP contribution in [-0.2, 0) is 11.2 Å². The van der Waals surface area contributed by atoms with E-state index in [-0.39, 0.29) is 12.3 Å². The smallest absolute Gasteiger partial charge is 0.236 e. The van der Waals surface area contributed by atoms with Gasteiger partial charge in [-0.2, -0.15) is 0 Å². The molecule has 3 aromatic heterocycles. The number of amides is 1. The molecule has 0 unspecified atom stereocenters. The third-order valence-electron chi connectivity index (χ3n) is 5.18. The Kier molecular flexibility index (Phi) is 6.24. The number of nitrogens with one attached hydrogen (secondary N) is 1. The highest BCUT2D eigenvalue weighted by atomic mass is 32.1. The van der Waals surface area contributed by atoms with Crippen LogP contribution in [0.25, 0.3) is 10.8 Å². The molecule has 3 heterocycles. The van der Waals surface area contributed by atoms with E-state index in [1.165, 1.54) is 32.1 Å². The molecule has 1 saturated carbocycles. The van der Waals surface area contributed by atoms with Crippen LogP contribution in [-0.4, -0.2) is 22.5 Å². The van der Waals surface area contributed by atoms with Crippen LogP contribution in [0, 0.1) is 12.8 Å². The first-order chi connectivity index (χ1) is 14.2. The predicted octanol–water partition coefficient (Wildman–Crippen LogP) is 5.25. The Bertz CT molecular complexity index is 946. The van der Waals surface area contributed by atoms with Crippen molar-refractivity contribution in [1.29, 1.82) is 0 Å². The Hall–Kier alpha value is -2.67. The van der Waals surface area contributed by atoms with Gasteiger partial charge in [0.15, 0.2) is 11.6 Å². The second-order valence-corrected chi connectivity index (χ2v) is 8.34. The highest BCUT2D eigenvalue weighted by Gasteiger charge is 2.18. The van der Waals surface area contributed by atoms with Crippen molar-refractivity contribution >= 4 is 23.1 Å². The first-order valence-electron chi connectivity index (χ1n) is 10.1. The van der Waals surface area contributed by atoms with E-state index in [2.05, 4.69) is 15.3 Å². The van der Waals surface area contributed by atoms with E-state index in [9.17, 15) is 4.79 Å². The Balaban J connectivity index is 1.38. The van der Waals surface area contributed by atoms with Gasteiger partial charge in [-0.25, -0.2) is 9.97 Å². The molecule has 0 bridgehead atoms. The number of carbonyl (C=O) groups excluding carboxylic acids is 1. The zero-order valence-corrected chi connectivity index (χ0v) is 17.3. The van der Waals surface area contributed by atoms with Gasteiger partial charge >= 0.3 is 0 Å². The third-order valence-corrected chi connectivity index (χ3v) is 6.04. The van der Waals surface area contributed by atoms with Crippen LogP contribution in [0.3, 0.4) is 0 Å². The summed E-state index contributed by atoms with van der Waals surface area (Å²) in [6.45, 7) is 2.49. The normalized spacial score (nSPS) is 14.7. The molecule has 0 atom stereocenters. The Morgan fingerprint density at radius 1 is 1.28 bits per heavy atom. The molecule has 3 aromatic rings. The zero-order chi connectivity index (χ0) is 20.1. The minimum Gasteiger partial charge on any atom is -0.489 e. The van der Waals surface area contributed by atoms with Crippen molar-refractivity contribution in [2.24, 2.45) is 5.92 Å². The Labute approximate surface area is 174 Å². The molecule has 0 saturated heterocycles. The summed E-state index contributed by atoms with van der Waals surface area (Å²) in [6, 6.07) is 7.56. The fraction of sp³-hybridized carbons (Fsp3) is 0.409. The fourth-order valence-corrected chi connectivity index (χ4v) is 4.24. The van der Waals surface area contributed by atoms with Gasteiger partial charge in [-0.05, 0) is 49.3 Å². The summed E-state index contributed by atoms with van der Waals surface area (Å²) in [5.41, 5.74) is 0.631. The molecule has 0 aromatic carbocycles. The number of thiophene rings is 1. The topological polar surface area (TPSA) is 77.3 Å². The van der Waals surface area contributed by atoms with Crippen molar-refractivity contribution in [3.8, 4) is 16.5 Å². The number of pyridine rings is 1. The molecule has 29 heavy (non-hydrogen) atoms. The van der Waals surface area contributed by atoms with Gasteiger partial charge in [-0.15, -0.1) is 11.3 Å². The SMILES string of the molecule is Cc1oc(-c2cccs2)nc1CC(=O)Nc1ncccc1OCC1CCCCC1. The number of hydrogen-bond donors (Lipinski definition) is 1. The van der Waals surface area contributed by atoms with Crippen molar-refractivity contribution < 1.29 is 13.9 Å². The standard InChI is InChI=1S/C22H25N3O3S/c1-15-17(24-22(28-15)19-10-6-12-29-19)13-20(26)25-21-18(9-5-11-23-21)27-14-16-7-3-2-4-8-16/h5-6,9-12,16H,2-4,7-8,13-14H2,1H3,(H,23,25,26). The first kappa shape index (κ1) is 19.6. The summed E-state index contributed by atoms with van der Waals surface area (Å²) < 4.78 is 11.7. The zero-order valence-electron chi connectivity index (χ0n) is 16.5. The number of carbonyl (C=O) groups is 1. The minimum absolute atomic E-state index is 0.124. The molecule has 152 valence electrons. The highest BCUT2D eigenvalue weighted by molar-refractivity contribution is 7.13. The van der Waals surface area contributed by atoms with Gasteiger partial charge in [-0.3, -0.25) is 4.79 Å². The molecular formula is C22H25N3O3S. The molecule has 0 radical (unpaired) electrons. The van der Waals surface area contributed by atoms with Gasteiger partial charge < -0.3 is 14.5 Å². The lowest BCUT2D eigenvalue weighted by Gasteiger charge is -2.22. The highest BCUT2D eigenvalue weighted by Crippen LogP contribution is 2.28. The number of aromatic nitrogens is 2. The monoisotopic (exact) mass is 411 g/mol. The van der Waals surface area contributed by atoms with Crippen molar-refractivity contribution in [2.45, 2.75) is 45.4 Å². The molecule has 7 heteroatoms. The quantitative estimate of drug-likeness (QED) is 0.575. The molecule has 1 fully saturated rings. The summed E-state index contributed by atoms with van der Waals surface area (Å²) >= 11 is 1.56. The fourth-order valence-electron chi connectivity index (χ4n) is 3.59. The number of anilines is 1. The van der Waals surface area contributed by atoms with Crippen LogP contribution in [0.15, 0.2) is 40.3 Å². The summed E-state index contributed by atoms with van der Waals surface area (Å²) in [7, 11) is 0. The summed E-state index contributed by atoms with van der Waals surface area (Å²) in [4.78, 5) is 22.3. The van der Waals surface area contributed by atoms with Gasteiger partial charge in [0.25, 0.3) is 0 Å². The van der Waals surface area contributed by atoms with Gasteiger partial charge in [-0.1, -0.05) is 25.3 Å². The van der Waals surface area contributed by atoms with Crippen LogP contribution < -0.4 is 10.1 Å². The molecule has 0 aliphatic heterocycles. The number of nitrogens with zero attached hydrogens (tertiary/aromatic N) is 2. The molecule has 1 amide bonds. The van der Waals surface area contributed by atoms with Crippen molar-refractivity contribution in [2.75, 3.05) is 11.9 Å². The number of hydrogen-bond acceptors (Lipinski definition) is 6. The van der Waals surface area contributed by atoms with Gasteiger partial charge in [0.2, 0.25) is 11.8 Å². The summed E-state index contributed by atoms with van der Waals surface area (Å²) in [6.07, 6.45) is 8.06. The lowest BCUT2D eigenvalue weighted by atomic mass is 9.90. The number of aryl methyl sites for hydroxylation is 1. The van der Waals surface area contributed by atoms with Crippen LogP contribution in [0.2, 0.25) is 0 Å². The maximum absolute atomic E-state index is 12.6.